The van der Waals surface area contributed by atoms with Gasteiger partial charge in [-0.05, 0) is 38.5 Å². The Morgan fingerprint density at radius 2 is 0.975 bits per heavy atom. The van der Waals surface area contributed by atoms with E-state index in [9.17, 15) is 79.7 Å². The molecule has 0 heterocycles. The van der Waals surface area contributed by atoms with Gasteiger partial charge in [0.15, 0.2) is 0 Å². The number of alkyl halides is 17. The van der Waals surface area contributed by atoms with E-state index in [0.717, 1.165) is 18.2 Å². The molecule has 1 aromatic rings. The molecule has 1 atom stereocenters. The number of benzene rings is 1. The second kappa shape index (κ2) is 10.3. The van der Waals surface area contributed by atoms with Gasteiger partial charge in [-0.3, -0.25) is 0 Å². The maximum Gasteiger partial charge on any atom is 0.460 e. The van der Waals surface area contributed by atoms with E-state index in [2.05, 4.69) is 0 Å². The number of hydrogen-bond donors (Lipinski definition) is 1. The highest BCUT2D eigenvalue weighted by molar-refractivity contribution is 5.49. The molecule has 0 saturated heterocycles. The van der Waals surface area contributed by atoms with Crippen LogP contribution in [-0.4, -0.2) is 65.8 Å². The van der Waals surface area contributed by atoms with E-state index in [1.54, 1.807) is 13.8 Å². The van der Waals surface area contributed by atoms with Gasteiger partial charge in [0.05, 0.1) is 12.0 Å². The Morgan fingerprint density at radius 1 is 0.600 bits per heavy atom. The first kappa shape index (κ1) is 35.8. The first-order chi connectivity index (χ1) is 17.4. The number of anilines is 1. The van der Waals surface area contributed by atoms with Crippen molar-refractivity contribution in [3.63, 3.8) is 0 Å². The van der Waals surface area contributed by atoms with Crippen LogP contribution in [0.25, 0.3) is 0 Å². The molecule has 1 rings (SSSR count). The molecule has 0 saturated carbocycles. The van der Waals surface area contributed by atoms with Crippen molar-refractivity contribution in [1.29, 1.82) is 0 Å². The van der Waals surface area contributed by atoms with Crippen LogP contribution in [0.2, 0.25) is 0 Å². The Hall–Kier alpha value is -2.21. The van der Waals surface area contributed by atoms with Crippen LogP contribution in [0.3, 0.4) is 0 Å². The molecule has 0 aliphatic heterocycles. The van der Waals surface area contributed by atoms with Crippen molar-refractivity contribution in [3.8, 4) is 0 Å². The number of hydrogen-bond acceptors (Lipinski definition) is 2. The van der Waals surface area contributed by atoms with Crippen molar-refractivity contribution < 1.29 is 79.7 Å². The van der Waals surface area contributed by atoms with E-state index in [1.807, 2.05) is 0 Å². The molecule has 2 nitrogen and oxygen atoms in total. The zero-order valence-electron chi connectivity index (χ0n) is 20.3. The van der Waals surface area contributed by atoms with Crippen molar-refractivity contribution in [2.75, 3.05) is 18.0 Å². The summed E-state index contributed by atoms with van der Waals surface area (Å²) in [5.41, 5.74) is -3.94. The van der Waals surface area contributed by atoms with Crippen LogP contribution in [0.4, 0.5) is 80.3 Å². The Labute approximate surface area is 214 Å². The number of nitrogens with zero attached hydrogens (tertiary/aromatic N) is 1. The molecule has 1 unspecified atom stereocenters. The van der Waals surface area contributed by atoms with Crippen LogP contribution in [-0.2, 0) is 5.60 Å². The molecule has 0 aliphatic rings. The topological polar surface area (TPSA) is 23.5 Å². The van der Waals surface area contributed by atoms with Crippen molar-refractivity contribution in [3.05, 3.63) is 29.8 Å². The molecule has 0 bridgehead atoms. The summed E-state index contributed by atoms with van der Waals surface area (Å²) in [7, 11) is 0. The smallest absolute Gasteiger partial charge is 0.385 e. The lowest BCUT2D eigenvalue weighted by Crippen LogP contribution is -2.74. The third-order valence-corrected chi connectivity index (χ3v) is 5.95. The van der Waals surface area contributed by atoms with Crippen LogP contribution in [0, 0.1) is 0 Å². The summed E-state index contributed by atoms with van der Waals surface area (Å²) >= 11 is 0. The molecular weight excluding hydrogens is 605 g/mol. The fourth-order valence-electron chi connectivity index (χ4n) is 3.47. The average Bonchev–Trinajstić information content (AvgIpc) is 2.78. The highest BCUT2D eigenvalue weighted by Crippen LogP contribution is 2.64. The maximum absolute atomic E-state index is 14.4. The molecule has 0 amide bonds. The lowest BCUT2D eigenvalue weighted by molar-refractivity contribution is -0.462. The Balaban J connectivity index is 3.61. The Kier molecular flexibility index (Phi) is 9.18. The minimum Gasteiger partial charge on any atom is -0.385 e. The molecule has 19 heteroatoms. The van der Waals surface area contributed by atoms with E-state index in [0.29, 0.717) is 0 Å². The fraction of sp³-hybridized carbons (Fsp3) is 0.714. The summed E-state index contributed by atoms with van der Waals surface area (Å²) in [6, 6.07) is 4.02. The minimum absolute atomic E-state index is 0.141. The predicted octanol–water partition coefficient (Wildman–Crippen LogP) is 8.14. The van der Waals surface area contributed by atoms with Gasteiger partial charge in [0.25, 0.3) is 0 Å². The normalized spacial score (nSPS) is 16.6. The van der Waals surface area contributed by atoms with Gasteiger partial charge in [-0.2, -0.15) is 74.6 Å². The van der Waals surface area contributed by atoms with Crippen LogP contribution in [0.15, 0.2) is 24.3 Å². The van der Waals surface area contributed by atoms with Gasteiger partial charge >= 0.3 is 47.6 Å². The predicted molar refractivity (Wildman–Crippen MR) is 105 cm³/mol. The van der Waals surface area contributed by atoms with Crippen LogP contribution in [0.1, 0.15) is 32.8 Å². The summed E-state index contributed by atoms with van der Waals surface area (Å²) in [5.74, 6) is -57.1. The van der Waals surface area contributed by atoms with E-state index >= 15 is 0 Å². The molecule has 234 valence electrons. The largest absolute Gasteiger partial charge is 0.460 e. The highest BCUT2D eigenvalue weighted by Gasteiger charge is 2.95. The molecule has 1 aromatic carbocycles. The molecule has 0 spiro atoms. The zero-order chi connectivity index (χ0) is 32.2. The van der Waals surface area contributed by atoms with Gasteiger partial charge in [0.1, 0.15) is 0 Å². The monoisotopic (exact) mass is 625 g/mol. The van der Waals surface area contributed by atoms with Gasteiger partial charge in [-0.1, -0.05) is 12.1 Å². The van der Waals surface area contributed by atoms with E-state index in [-0.39, 0.29) is 25.7 Å². The van der Waals surface area contributed by atoms with E-state index in [4.69, 9.17) is 0 Å². The van der Waals surface area contributed by atoms with Gasteiger partial charge < -0.3 is 10.0 Å². The zero-order valence-corrected chi connectivity index (χ0v) is 20.3. The summed E-state index contributed by atoms with van der Waals surface area (Å²) in [6.45, 7) is 3.97. The quantitative estimate of drug-likeness (QED) is 0.237. The number of halogens is 17. The van der Waals surface area contributed by atoms with Crippen molar-refractivity contribution >= 4 is 5.69 Å². The van der Waals surface area contributed by atoms with Gasteiger partial charge in [-0.15, -0.1) is 0 Å². The lowest BCUT2D eigenvalue weighted by atomic mass is 9.83. The SMILES string of the molecule is CCN(CC)c1cccc(C(C)(O)CC(F)(F)C(F)(F)C(F)(F)C(F)(F)C(F)(F)C(F)(F)C(F)(F)C(F)(F)F)c1. The fourth-order valence-corrected chi connectivity index (χ4v) is 3.47. The minimum atomic E-state index is -8.69. The number of aliphatic hydroxyl groups is 1. The Morgan fingerprint density at radius 3 is 1.35 bits per heavy atom. The highest BCUT2D eigenvalue weighted by atomic mass is 19.4. The number of rotatable bonds is 12. The molecule has 0 aromatic heterocycles. The van der Waals surface area contributed by atoms with Gasteiger partial charge in [0, 0.05) is 18.8 Å². The first-order valence-corrected chi connectivity index (χ1v) is 10.7. The van der Waals surface area contributed by atoms with Crippen molar-refractivity contribution in [2.24, 2.45) is 0 Å². The van der Waals surface area contributed by atoms with Gasteiger partial charge in [-0.25, -0.2) is 0 Å². The standard InChI is InChI=1S/C21H20F17NO/c1-4-39(5-2)12-8-6-7-11(9-12)13(3,40)10-14(22,23)15(24,25)16(26,27)17(28,29)18(30,31)19(32,33)20(34,35)21(36,37)38/h6-9,40H,4-5,10H2,1-3H3. The van der Waals surface area contributed by atoms with Crippen LogP contribution in [0.5, 0.6) is 0 Å². The Bertz CT molecular complexity index is 1030. The summed E-state index contributed by atoms with van der Waals surface area (Å²) in [5, 5.41) is 10.3. The van der Waals surface area contributed by atoms with Crippen LogP contribution < -0.4 is 4.90 Å². The molecular formula is C21H20F17NO. The van der Waals surface area contributed by atoms with Crippen molar-refractivity contribution in [1.82, 2.24) is 0 Å². The lowest BCUT2D eigenvalue weighted by Gasteiger charge is -2.43. The van der Waals surface area contributed by atoms with E-state index < -0.39 is 65.2 Å². The molecule has 40 heavy (non-hydrogen) atoms. The second-order valence-electron chi connectivity index (χ2n) is 8.82. The second-order valence-corrected chi connectivity index (χ2v) is 8.82. The molecule has 1 N–H and O–H groups in total. The van der Waals surface area contributed by atoms with E-state index in [1.165, 1.54) is 11.0 Å². The average molecular weight is 625 g/mol. The third kappa shape index (κ3) is 5.26. The summed E-state index contributed by atoms with van der Waals surface area (Å²) < 4.78 is 229. The molecule has 0 aliphatic carbocycles. The molecule has 0 fully saturated rings. The first-order valence-electron chi connectivity index (χ1n) is 10.7. The van der Waals surface area contributed by atoms with Gasteiger partial charge in [0.2, 0.25) is 0 Å². The molecule has 0 radical (unpaired) electrons. The van der Waals surface area contributed by atoms with Crippen LogP contribution >= 0.6 is 0 Å². The summed E-state index contributed by atoms with van der Waals surface area (Å²) in [6.07, 6.45) is -10.8. The van der Waals surface area contributed by atoms with Crippen molar-refractivity contribution in [2.45, 2.75) is 80.4 Å². The summed E-state index contributed by atoms with van der Waals surface area (Å²) in [4.78, 5) is 1.50. The maximum atomic E-state index is 14.4. The third-order valence-electron chi connectivity index (χ3n) is 5.95.